The summed E-state index contributed by atoms with van der Waals surface area (Å²) in [5, 5.41) is 2.77. The molecular formula is C15H13N3O2. The molecule has 0 saturated carbocycles. The molecule has 0 bridgehead atoms. The number of ether oxygens (including phenoxy) is 1. The summed E-state index contributed by atoms with van der Waals surface area (Å²) in [6, 6.07) is 11.1. The van der Waals surface area contributed by atoms with Gasteiger partial charge in [0.2, 0.25) is 5.91 Å². The van der Waals surface area contributed by atoms with Crippen molar-refractivity contribution in [1.82, 2.24) is 9.97 Å². The minimum Gasteiger partial charge on any atom is -0.497 e. The fraction of sp³-hybridized carbons (Fsp3) is 0.133. The monoisotopic (exact) mass is 267 g/mol. The Bertz CT molecular complexity index is 815. The van der Waals surface area contributed by atoms with Gasteiger partial charge in [-0.25, -0.2) is 9.97 Å². The van der Waals surface area contributed by atoms with Crippen LogP contribution in [0.4, 0.5) is 5.69 Å². The molecule has 2 aromatic carbocycles. The lowest BCUT2D eigenvalue weighted by molar-refractivity contribution is -0.114. The molecule has 20 heavy (non-hydrogen) atoms. The minimum atomic E-state index is -0.130. The normalized spacial score (nSPS) is 10.7. The maximum Gasteiger partial charge on any atom is 0.221 e. The number of hydrogen-bond acceptors (Lipinski definition) is 4. The fourth-order valence-electron chi connectivity index (χ4n) is 2.09. The van der Waals surface area contributed by atoms with Gasteiger partial charge in [0.05, 0.1) is 29.3 Å². The number of benzene rings is 2. The lowest BCUT2D eigenvalue weighted by Crippen LogP contribution is -2.06. The smallest absolute Gasteiger partial charge is 0.221 e. The first kappa shape index (κ1) is 12.3. The van der Waals surface area contributed by atoms with E-state index >= 15 is 0 Å². The van der Waals surface area contributed by atoms with Gasteiger partial charge in [0, 0.05) is 13.0 Å². The van der Waals surface area contributed by atoms with Gasteiger partial charge in [-0.3, -0.25) is 4.79 Å². The average Bonchev–Trinajstić information content (AvgIpc) is 2.44. The largest absolute Gasteiger partial charge is 0.497 e. The Morgan fingerprint density at radius 3 is 2.70 bits per heavy atom. The van der Waals surface area contributed by atoms with E-state index in [1.807, 2.05) is 36.4 Å². The van der Waals surface area contributed by atoms with Crippen LogP contribution in [0.5, 0.6) is 5.75 Å². The van der Waals surface area contributed by atoms with Crippen molar-refractivity contribution in [1.29, 1.82) is 0 Å². The number of nitrogens with one attached hydrogen (secondary N) is 1. The minimum absolute atomic E-state index is 0.130. The second-order valence-electron chi connectivity index (χ2n) is 4.43. The number of methoxy groups -OCH3 is 1. The summed E-state index contributed by atoms with van der Waals surface area (Å²) in [5.41, 5.74) is 3.60. The van der Waals surface area contributed by atoms with Crippen LogP contribution >= 0.6 is 0 Å². The molecule has 5 nitrogen and oxygen atoms in total. The van der Waals surface area contributed by atoms with Crippen LogP contribution in [0, 0.1) is 0 Å². The van der Waals surface area contributed by atoms with Gasteiger partial charge in [0.1, 0.15) is 11.3 Å². The van der Waals surface area contributed by atoms with E-state index < -0.39 is 0 Å². The van der Waals surface area contributed by atoms with Crippen molar-refractivity contribution in [2.24, 2.45) is 0 Å². The molecule has 1 N–H and O–H groups in total. The van der Waals surface area contributed by atoms with E-state index in [4.69, 9.17) is 4.74 Å². The number of nitrogens with zero attached hydrogens (tertiary/aromatic N) is 2. The molecule has 0 aliphatic heterocycles. The molecule has 0 aliphatic carbocycles. The summed E-state index contributed by atoms with van der Waals surface area (Å²) >= 11 is 0. The number of fused-ring (bicyclic) bond motifs is 2. The highest BCUT2D eigenvalue weighted by Crippen LogP contribution is 2.25. The Labute approximate surface area is 115 Å². The van der Waals surface area contributed by atoms with E-state index in [9.17, 15) is 4.79 Å². The molecule has 0 saturated heterocycles. The van der Waals surface area contributed by atoms with Gasteiger partial charge in [-0.15, -0.1) is 0 Å². The van der Waals surface area contributed by atoms with Gasteiger partial charge in [0.15, 0.2) is 0 Å². The molecule has 0 fully saturated rings. The third-order valence-electron chi connectivity index (χ3n) is 2.98. The number of rotatable bonds is 2. The van der Waals surface area contributed by atoms with E-state index in [1.165, 1.54) is 6.92 Å². The predicted octanol–water partition coefficient (Wildman–Crippen LogP) is 2.75. The van der Waals surface area contributed by atoms with Crippen molar-refractivity contribution < 1.29 is 9.53 Å². The van der Waals surface area contributed by atoms with Gasteiger partial charge >= 0.3 is 0 Å². The molecule has 1 heterocycles. The molecule has 5 heteroatoms. The van der Waals surface area contributed by atoms with Crippen LogP contribution in [0.3, 0.4) is 0 Å². The molecule has 1 aromatic heterocycles. The quantitative estimate of drug-likeness (QED) is 0.725. The van der Waals surface area contributed by atoms with Gasteiger partial charge in [-0.05, 0) is 24.3 Å². The van der Waals surface area contributed by atoms with Crippen LogP contribution in [0.2, 0.25) is 0 Å². The highest BCUT2D eigenvalue weighted by atomic mass is 16.5. The molecule has 0 aliphatic rings. The van der Waals surface area contributed by atoms with Crippen LogP contribution in [-0.4, -0.2) is 23.0 Å². The topological polar surface area (TPSA) is 64.1 Å². The molecule has 3 aromatic rings. The van der Waals surface area contributed by atoms with E-state index in [0.717, 1.165) is 22.3 Å². The second-order valence-corrected chi connectivity index (χ2v) is 4.43. The number of hydrogen-bond donors (Lipinski definition) is 1. The molecule has 0 unspecified atom stereocenters. The first-order chi connectivity index (χ1) is 9.67. The Hall–Kier alpha value is -2.69. The van der Waals surface area contributed by atoms with E-state index in [1.54, 1.807) is 7.11 Å². The zero-order valence-electron chi connectivity index (χ0n) is 11.2. The highest BCUT2D eigenvalue weighted by molar-refractivity contribution is 6.00. The molecule has 0 atom stereocenters. The summed E-state index contributed by atoms with van der Waals surface area (Å²) in [6.07, 6.45) is 0. The average molecular weight is 267 g/mol. The van der Waals surface area contributed by atoms with E-state index in [0.29, 0.717) is 11.2 Å². The highest BCUT2D eigenvalue weighted by Gasteiger charge is 2.07. The maximum atomic E-state index is 11.2. The van der Waals surface area contributed by atoms with Crippen molar-refractivity contribution >= 4 is 33.7 Å². The SMILES string of the molecule is COc1ccc2nc3c(NC(C)=O)cccc3nc2c1. The summed E-state index contributed by atoms with van der Waals surface area (Å²) < 4.78 is 5.19. The van der Waals surface area contributed by atoms with Crippen LogP contribution < -0.4 is 10.1 Å². The van der Waals surface area contributed by atoms with Crippen LogP contribution in [0.1, 0.15) is 6.92 Å². The van der Waals surface area contributed by atoms with Crippen molar-refractivity contribution in [2.45, 2.75) is 6.92 Å². The zero-order chi connectivity index (χ0) is 14.1. The molecule has 0 spiro atoms. The number of amides is 1. The molecule has 0 radical (unpaired) electrons. The fourth-order valence-corrected chi connectivity index (χ4v) is 2.09. The Balaban J connectivity index is 2.26. The number of carbonyl (C=O) groups excluding carboxylic acids is 1. The van der Waals surface area contributed by atoms with Gasteiger partial charge in [0.25, 0.3) is 0 Å². The molecule has 3 rings (SSSR count). The standard InChI is InChI=1S/C15H13N3O2/c1-9(19)16-12-4-3-5-13-15(12)18-11-7-6-10(20-2)8-14(11)17-13/h3-8H,1-2H3,(H,16,19). The van der Waals surface area contributed by atoms with Crippen LogP contribution in [0.25, 0.3) is 22.1 Å². The Kier molecular flexibility index (Phi) is 2.95. The maximum absolute atomic E-state index is 11.2. The van der Waals surface area contributed by atoms with Crippen molar-refractivity contribution in [3.63, 3.8) is 0 Å². The van der Waals surface area contributed by atoms with E-state index in [-0.39, 0.29) is 5.91 Å². The van der Waals surface area contributed by atoms with E-state index in [2.05, 4.69) is 15.3 Å². The predicted molar refractivity (Wildman–Crippen MR) is 77.9 cm³/mol. The lowest BCUT2D eigenvalue weighted by atomic mass is 10.2. The summed E-state index contributed by atoms with van der Waals surface area (Å²) in [6.45, 7) is 1.47. The Morgan fingerprint density at radius 1 is 1.10 bits per heavy atom. The second kappa shape index (κ2) is 4.77. The third-order valence-corrected chi connectivity index (χ3v) is 2.98. The van der Waals surface area contributed by atoms with Gasteiger partial charge in [-0.1, -0.05) is 6.07 Å². The number of aromatic nitrogens is 2. The third kappa shape index (κ3) is 2.14. The number of anilines is 1. The van der Waals surface area contributed by atoms with Crippen LogP contribution in [0.15, 0.2) is 36.4 Å². The number of carbonyl (C=O) groups is 1. The van der Waals surface area contributed by atoms with Crippen molar-refractivity contribution in [2.75, 3.05) is 12.4 Å². The lowest BCUT2D eigenvalue weighted by Gasteiger charge is -2.07. The summed E-state index contributed by atoms with van der Waals surface area (Å²) in [5.74, 6) is 0.610. The van der Waals surface area contributed by atoms with Gasteiger partial charge in [-0.2, -0.15) is 0 Å². The molecule has 100 valence electrons. The molecule has 1 amide bonds. The first-order valence-corrected chi connectivity index (χ1v) is 6.19. The first-order valence-electron chi connectivity index (χ1n) is 6.19. The van der Waals surface area contributed by atoms with Crippen molar-refractivity contribution in [3.8, 4) is 5.75 Å². The number of para-hydroxylation sites is 1. The Morgan fingerprint density at radius 2 is 1.95 bits per heavy atom. The summed E-state index contributed by atoms with van der Waals surface area (Å²) in [7, 11) is 1.62. The summed E-state index contributed by atoms with van der Waals surface area (Å²) in [4.78, 5) is 20.4. The van der Waals surface area contributed by atoms with Crippen LogP contribution in [-0.2, 0) is 4.79 Å². The van der Waals surface area contributed by atoms with Gasteiger partial charge < -0.3 is 10.1 Å². The van der Waals surface area contributed by atoms with Crippen molar-refractivity contribution in [3.05, 3.63) is 36.4 Å². The molecular weight excluding hydrogens is 254 g/mol. The zero-order valence-corrected chi connectivity index (χ0v) is 11.2.